The molecule has 2 rings (SSSR count). The van der Waals surface area contributed by atoms with Crippen LogP contribution in [-0.4, -0.2) is 40.7 Å². The summed E-state index contributed by atoms with van der Waals surface area (Å²) < 4.78 is 5.22. The molecule has 0 bridgehead atoms. The molecule has 0 fully saturated rings. The number of hydrogen-bond donors (Lipinski definition) is 1. The smallest absolute Gasteiger partial charge is 0.284 e. The van der Waals surface area contributed by atoms with Gasteiger partial charge in [-0.05, 0) is 26.3 Å². The first-order chi connectivity index (χ1) is 7.65. The van der Waals surface area contributed by atoms with E-state index in [0.717, 1.165) is 22.9 Å². The molecule has 2 aromatic rings. The molecule has 86 valence electrons. The van der Waals surface area contributed by atoms with Gasteiger partial charge in [-0.1, -0.05) is 0 Å². The second kappa shape index (κ2) is 4.86. The highest BCUT2D eigenvalue weighted by molar-refractivity contribution is 7.71. The van der Waals surface area contributed by atoms with Crippen molar-refractivity contribution in [3.8, 4) is 10.8 Å². The fraction of sp³-hybridized carbons (Fsp3) is 0.444. The van der Waals surface area contributed by atoms with Gasteiger partial charge in [-0.25, -0.2) is 10.1 Å². The number of rotatable bonds is 4. The fourth-order valence-corrected chi connectivity index (χ4v) is 2.14. The van der Waals surface area contributed by atoms with Gasteiger partial charge >= 0.3 is 0 Å². The second-order valence-electron chi connectivity index (χ2n) is 3.59. The van der Waals surface area contributed by atoms with Crippen LogP contribution in [0.2, 0.25) is 0 Å². The topological polar surface area (TPSA) is 58.0 Å². The Balaban J connectivity index is 2.10. The predicted octanol–water partition coefficient (Wildman–Crippen LogP) is 1.96. The number of thiazole rings is 1. The minimum absolute atomic E-state index is 0.290. The molecule has 0 unspecified atom stereocenters. The Morgan fingerprint density at radius 3 is 3.00 bits per heavy atom. The first-order valence-corrected chi connectivity index (χ1v) is 6.03. The summed E-state index contributed by atoms with van der Waals surface area (Å²) in [5.74, 6) is 0.513. The Kier molecular flexibility index (Phi) is 3.47. The third-order valence-corrected chi connectivity index (χ3v) is 3.20. The normalized spacial score (nSPS) is 11.2. The largest absolute Gasteiger partial charge is 0.408 e. The summed E-state index contributed by atoms with van der Waals surface area (Å²) in [6, 6.07) is 0. The van der Waals surface area contributed by atoms with Crippen LogP contribution >= 0.6 is 23.6 Å². The molecule has 16 heavy (non-hydrogen) atoms. The monoisotopic (exact) mass is 256 g/mol. The lowest BCUT2D eigenvalue weighted by Gasteiger charge is -2.06. The van der Waals surface area contributed by atoms with E-state index < -0.39 is 0 Å². The lowest BCUT2D eigenvalue weighted by atomic mass is 10.4. The molecule has 0 aliphatic heterocycles. The van der Waals surface area contributed by atoms with E-state index in [9.17, 15) is 0 Å². The molecule has 0 saturated carbocycles. The minimum Gasteiger partial charge on any atom is -0.408 e. The Labute approximate surface area is 102 Å². The molecule has 0 spiro atoms. The zero-order valence-corrected chi connectivity index (χ0v) is 10.7. The van der Waals surface area contributed by atoms with Crippen LogP contribution in [0.1, 0.15) is 5.01 Å². The highest BCUT2D eigenvalue weighted by Crippen LogP contribution is 2.24. The highest BCUT2D eigenvalue weighted by Gasteiger charge is 2.09. The molecule has 0 amide bonds. The fourth-order valence-electron chi connectivity index (χ4n) is 1.18. The van der Waals surface area contributed by atoms with Gasteiger partial charge in [-0.3, -0.25) is 0 Å². The summed E-state index contributed by atoms with van der Waals surface area (Å²) in [4.78, 5) is 7.64. The average molecular weight is 256 g/mol. The summed E-state index contributed by atoms with van der Waals surface area (Å²) in [5.41, 5.74) is 0. The third-order valence-electron chi connectivity index (χ3n) is 1.98. The van der Waals surface area contributed by atoms with Crippen LogP contribution in [-0.2, 0) is 6.42 Å². The quantitative estimate of drug-likeness (QED) is 0.847. The minimum atomic E-state index is 0.290. The van der Waals surface area contributed by atoms with Crippen molar-refractivity contribution in [2.45, 2.75) is 6.42 Å². The van der Waals surface area contributed by atoms with Crippen LogP contribution in [0.3, 0.4) is 0 Å². The van der Waals surface area contributed by atoms with Crippen LogP contribution < -0.4 is 0 Å². The third kappa shape index (κ3) is 2.75. The zero-order valence-electron chi connectivity index (χ0n) is 9.06. The van der Waals surface area contributed by atoms with Crippen molar-refractivity contribution in [3.05, 3.63) is 16.0 Å². The Morgan fingerprint density at radius 1 is 1.56 bits per heavy atom. The molecule has 2 heterocycles. The number of aromatic amines is 1. The van der Waals surface area contributed by atoms with Gasteiger partial charge in [0.1, 0.15) is 4.88 Å². The van der Waals surface area contributed by atoms with Crippen molar-refractivity contribution >= 4 is 23.6 Å². The van der Waals surface area contributed by atoms with Crippen LogP contribution in [0.15, 0.2) is 10.6 Å². The molecule has 0 aromatic carbocycles. The highest BCUT2D eigenvalue weighted by atomic mass is 32.1. The van der Waals surface area contributed by atoms with E-state index in [4.69, 9.17) is 16.6 Å². The molecule has 2 aromatic heterocycles. The van der Waals surface area contributed by atoms with Gasteiger partial charge in [-0.15, -0.1) is 16.4 Å². The number of hydrogen-bond acceptors (Lipinski definition) is 6. The number of H-pyrrole nitrogens is 1. The van der Waals surface area contributed by atoms with Crippen LogP contribution in [0, 0.1) is 4.84 Å². The lowest BCUT2D eigenvalue weighted by Crippen LogP contribution is -2.14. The zero-order chi connectivity index (χ0) is 11.5. The van der Waals surface area contributed by atoms with Crippen molar-refractivity contribution in [2.75, 3.05) is 20.6 Å². The molecule has 0 saturated heterocycles. The number of likely N-dealkylation sites (N-methyl/N-ethyl adjacent to an activating group) is 1. The van der Waals surface area contributed by atoms with Gasteiger partial charge < -0.3 is 9.32 Å². The van der Waals surface area contributed by atoms with E-state index in [1.807, 2.05) is 14.1 Å². The molecule has 0 atom stereocenters. The second-order valence-corrected chi connectivity index (χ2v) is 5.08. The van der Waals surface area contributed by atoms with E-state index >= 15 is 0 Å². The maximum Gasteiger partial charge on any atom is 0.284 e. The lowest BCUT2D eigenvalue weighted by molar-refractivity contribution is 0.413. The molecule has 7 heteroatoms. The van der Waals surface area contributed by atoms with Crippen LogP contribution in [0.25, 0.3) is 10.8 Å². The molecule has 5 nitrogen and oxygen atoms in total. The maximum absolute atomic E-state index is 5.22. The van der Waals surface area contributed by atoms with Gasteiger partial charge in [0.2, 0.25) is 0 Å². The molecule has 0 radical (unpaired) electrons. The van der Waals surface area contributed by atoms with Crippen molar-refractivity contribution in [2.24, 2.45) is 0 Å². The molecule has 0 aliphatic carbocycles. The van der Waals surface area contributed by atoms with Crippen molar-refractivity contribution in [1.82, 2.24) is 20.1 Å². The Morgan fingerprint density at radius 2 is 2.38 bits per heavy atom. The maximum atomic E-state index is 5.22. The SMILES string of the molecule is CN(C)CCc1ncc(-c2n[nH]c(=S)o2)s1. The van der Waals surface area contributed by atoms with Crippen molar-refractivity contribution in [1.29, 1.82) is 0 Å². The van der Waals surface area contributed by atoms with Gasteiger partial charge in [0.05, 0.1) is 11.2 Å². The van der Waals surface area contributed by atoms with Crippen molar-refractivity contribution < 1.29 is 4.42 Å². The summed E-state index contributed by atoms with van der Waals surface area (Å²) in [6.07, 6.45) is 2.70. The van der Waals surface area contributed by atoms with Gasteiger partial charge in [0, 0.05) is 13.0 Å². The average Bonchev–Trinajstić information content (AvgIpc) is 2.83. The van der Waals surface area contributed by atoms with Crippen LogP contribution in [0.4, 0.5) is 0 Å². The summed E-state index contributed by atoms with van der Waals surface area (Å²) in [5, 5.41) is 7.63. The molecular weight excluding hydrogens is 244 g/mol. The van der Waals surface area contributed by atoms with E-state index in [0.29, 0.717) is 10.7 Å². The number of nitrogens with zero attached hydrogens (tertiary/aromatic N) is 3. The van der Waals surface area contributed by atoms with E-state index in [-0.39, 0.29) is 0 Å². The van der Waals surface area contributed by atoms with Gasteiger partial charge in [-0.2, -0.15) is 0 Å². The number of aromatic nitrogens is 3. The number of nitrogens with one attached hydrogen (secondary N) is 1. The Hall–Kier alpha value is -1.05. The molecular formula is C9H12N4OS2. The first-order valence-electron chi connectivity index (χ1n) is 4.80. The predicted molar refractivity (Wildman–Crippen MR) is 65.1 cm³/mol. The van der Waals surface area contributed by atoms with E-state index in [2.05, 4.69) is 20.1 Å². The summed E-state index contributed by atoms with van der Waals surface area (Å²) in [7, 11) is 4.09. The molecule has 0 aliphatic rings. The Bertz CT molecular complexity index is 513. The first kappa shape index (κ1) is 11.4. The van der Waals surface area contributed by atoms with Crippen molar-refractivity contribution in [3.63, 3.8) is 0 Å². The van der Waals surface area contributed by atoms with Crippen LogP contribution in [0.5, 0.6) is 0 Å². The van der Waals surface area contributed by atoms with Gasteiger partial charge in [0.25, 0.3) is 10.7 Å². The van der Waals surface area contributed by atoms with E-state index in [1.54, 1.807) is 17.5 Å². The van der Waals surface area contributed by atoms with Gasteiger partial charge in [0.15, 0.2) is 0 Å². The standard InChI is InChI=1S/C9H12N4OS2/c1-13(2)4-3-7-10-5-6(16-7)8-11-12-9(15)14-8/h5H,3-4H2,1-2H3,(H,12,15). The molecule has 1 N–H and O–H groups in total. The summed E-state index contributed by atoms with van der Waals surface area (Å²) in [6.45, 7) is 0.983. The summed E-state index contributed by atoms with van der Waals surface area (Å²) >= 11 is 6.40. The van der Waals surface area contributed by atoms with E-state index in [1.165, 1.54) is 0 Å².